The van der Waals surface area contributed by atoms with Crippen LogP contribution in [0, 0.1) is 0 Å². The molecule has 0 saturated carbocycles. The minimum atomic E-state index is -0.318. The van der Waals surface area contributed by atoms with Crippen LogP contribution < -0.4 is 5.73 Å². The largest absolute Gasteiger partial charge is 0.381 e. The number of azide groups is 1. The normalized spacial score (nSPS) is 13.7. The SMILES string of the molecule is CCCOC[C@H](N=[N+]=[N-])C(N)Cc1ccccc1. The van der Waals surface area contributed by atoms with Crippen LogP contribution in [0.15, 0.2) is 35.4 Å². The van der Waals surface area contributed by atoms with Gasteiger partial charge >= 0.3 is 0 Å². The Hall–Kier alpha value is -1.55. The van der Waals surface area contributed by atoms with E-state index in [-0.39, 0.29) is 12.1 Å². The molecule has 0 radical (unpaired) electrons. The lowest BCUT2D eigenvalue weighted by Gasteiger charge is -2.19. The molecule has 2 atom stereocenters. The Balaban J connectivity index is 2.53. The predicted octanol–water partition coefficient (Wildman–Crippen LogP) is 2.66. The van der Waals surface area contributed by atoms with E-state index in [1.54, 1.807) is 0 Å². The molecule has 1 rings (SSSR count). The van der Waals surface area contributed by atoms with Gasteiger partial charge in [-0.2, -0.15) is 0 Å². The summed E-state index contributed by atoms with van der Waals surface area (Å²) in [5.41, 5.74) is 15.8. The molecular formula is C13H20N4O. The van der Waals surface area contributed by atoms with E-state index in [0.717, 1.165) is 12.0 Å². The monoisotopic (exact) mass is 248 g/mol. The van der Waals surface area contributed by atoms with Crippen LogP contribution in [-0.4, -0.2) is 25.3 Å². The Labute approximate surface area is 108 Å². The lowest BCUT2D eigenvalue weighted by Crippen LogP contribution is -2.38. The van der Waals surface area contributed by atoms with Gasteiger partial charge in [-0.3, -0.25) is 0 Å². The summed E-state index contributed by atoms with van der Waals surface area (Å²) in [6, 6.07) is 9.39. The maximum atomic E-state index is 8.56. The standard InChI is InChI=1S/C13H20N4O/c1-2-8-18-10-13(16-17-15)12(14)9-11-6-4-3-5-7-11/h3-7,12-13H,2,8-10,14H2,1H3/t12?,13-/m0/s1. The van der Waals surface area contributed by atoms with Gasteiger partial charge in [0.2, 0.25) is 0 Å². The third-order valence-corrected chi connectivity index (χ3v) is 2.65. The first-order valence-corrected chi connectivity index (χ1v) is 6.19. The molecule has 1 aromatic carbocycles. The Kier molecular flexibility index (Phi) is 6.87. The molecule has 0 bridgehead atoms. The molecule has 0 spiro atoms. The van der Waals surface area contributed by atoms with Gasteiger partial charge in [0.15, 0.2) is 0 Å². The fourth-order valence-corrected chi connectivity index (χ4v) is 1.68. The van der Waals surface area contributed by atoms with Gasteiger partial charge < -0.3 is 10.5 Å². The van der Waals surface area contributed by atoms with Crippen LogP contribution in [0.25, 0.3) is 10.4 Å². The van der Waals surface area contributed by atoms with Crippen LogP contribution in [0.5, 0.6) is 0 Å². The summed E-state index contributed by atoms with van der Waals surface area (Å²) in [4.78, 5) is 2.84. The highest BCUT2D eigenvalue weighted by molar-refractivity contribution is 5.16. The molecule has 0 heterocycles. The smallest absolute Gasteiger partial charge is 0.0762 e. The van der Waals surface area contributed by atoms with E-state index in [4.69, 9.17) is 16.0 Å². The molecule has 18 heavy (non-hydrogen) atoms. The Morgan fingerprint density at radius 1 is 1.39 bits per heavy atom. The van der Waals surface area contributed by atoms with Crippen molar-refractivity contribution < 1.29 is 4.74 Å². The number of benzene rings is 1. The zero-order chi connectivity index (χ0) is 13.2. The second-order valence-electron chi connectivity index (χ2n) is 4.20. The van der Waals surface area contributed by atoms with E-state index in [1.165, 1.54) is 0 Å². The molecule has 2 N–H and O–H groups in total. The van der Waals surface area contributed by atoms with Gasteiger partial charge in [-0.1, -0.05) is 42.4 Å². The summed E-state index contributed by atoms with van der Waals surface area (Å²) >= 11 is 0. The van der Waals surface area contributed by atoms with E-state index >= 15 is 0 Å². The van der Waals surface area contributed by atoms with Gasteiger partial charge in [0, 0.05) is 17.6 Å². The summed E-state index contributed by atoms with van der Waals surface area (Å²) in [6.45, 7) is 3.08. The second kappa shape index (κ2) is 8.53. The Morgan fingerprint density at radius 2 is 2.11 bits per heavy atom. The van der Waals surface area contributed by atoms with Crippen LogP contribution >= 0.6 is 0 Å². The fraction of sp³-hybridized carbons (Fsp3) is 0.538. The van der Waals surface area contributed by atoms with Crippen LogP contribution in [0.3, 0.4) is 0 Å². The summed E-state index contributed by atoms with van der Waals surface area (Å²) in [7, 11) is 0. The maximum Gasteiger partial charge on any atom is 0.0762 e. The topological polar surface area (TPSA) is 84.0 Å². The molecule has 98 valence electrons. The van der Waals surface area contributed by atoms with Gasteiger partial charge in [-0.05, 0) is 23.9 Å². The van der Waals surface area contributed by atoms with Gasteiger partial charge in [0.25, 0.3) is 0 Å². The highest BCUT2D eigenvalue weighted by Crippen LogP contribution is 2.08. The predicted molar refractivity (Wildman–Crippen MR) is 72.2 cm³/mol. The summed E-state index contributed by atoms with van der Waals surface area (Å²) in [6.07, 6.45) is 1.62. The number of ether oxygens (including phenoxy) is 1. The van der Waals surface area contributed by atoms with Crippen molar-refractivity contribution >= 4 is 0 Å². The van der Waals surface area contributed by atoms with E-state index in [0.29, 0.717) is 19.6 Å². The molecule has 5 nitrogen and oxygen atoms in total. The quantitative estimate of drug-likeness (QED) is 0.332. The highest BCUT2D eigenvalue weighted by atomic mass is 16.5. The first-order valence-electron chi connectivity index (χ1n) is 6.19. The first kappa shape index (κ1) is 14.5. The minimum Gasteiger partial charge on any atom is -0.381 e. The van der Waals surface area contributed by atoms with Gasteiger partial charge in [-0.15, -0.1) is 0 Å². The van der Waals surface area contributed by atoms with Crippen LogP contribution in [0.2, 0.25) is 0 Å². The number of hydrogen-bond acceptors (Lipinski definition) is 3. The van der Waals surface area contributed by atoms with Crippen molar-refractivity contribution in [2.45, 2.75) is 31.8 Å². The zero-order valence-electron chi connectivity index (χ0n) is 10.7. The first-order chi connectivity index (χ1) is 8.77. The molecular weight excluding hydrogens is 228 g/mol. The van der Waals surface area contributed by atoms with Gasteiger partial charge in [0.1, 0.15) is 0 Å². The van der Waals surface area contributed by atoms with Crippen molar-refractivity contribution in [2.75, 3.05) is 13.2 Å². The second-order valence-corrected chi connectivity index (χ2v) is 4.20. The van der Waals surface area contributed by atoms with Gasteiger partial charge in [0.05, 0.1) is 12.6 Å². The average molecular weight is 248 g/mol. The van der Waals surface area contributed by atoms with E-state index in [1.807, 2.05) is 37.3 Å². The molecule has 0 fully saturated rings. The average Bonchev–Trinajstić information content (AvgIpc) is 2.39. The lowest BCUT2D eigenvalue weighted by atomic mass is 10.0. The number of hydrogen-bond donors (Lipinski definition) is 1. The molecule has 0 aliphatic heterocycles. The van der Waals surface area contributed by atoms with Gasteiger partial charge in [-0.25, -0.2) is 0 Å². The van der Waals surface area contributed by atoms with Crippen LogP contribution in [0.4, 0.5) is 0 Å². The molecule has 0 aliphatic rings. The van der Waals surface area contributed by atoms with E-state index in [9.17, 15) is 0 Å². The van der Waals surface area contributed by atoms with Crippen molar-refractivity contribution in [3.05, 3.63) is 46.3 Å². The van der Waals surface area contributed by atoms with Crippen LogP contribution in [0.1, 0.15) is 18.9 Å². The van der Waals surface area contributed by atoms with Crippen molar-refractivity contribution in [3.8, 4) is 0 Å². The molecule has 5 heteroatoms. The highest BCUT2D eigenvalue weighted by Gasteiger charge is 2.16. The fourth-order valence-electron chi connectivity index (χ4n) is 1.68. The molecule has 0 aromatic heterocycles. The minimum absolute atomic E-state index is 0.222. The summed E-state index contributed by atoms with van der Waals surface area (Å²) in [5.74, 6) is 0. The molecule has 1 aromatic rings. The van der Waals surface area contributed by atoms with Crippen molar-refractivity contribution in [3.63, 3.8) is 0 Å². The molecule has 0 amide bonds. The van der Waals surface area contributed by atoms with Crippen molar-refractivity contribution in [1.82, 2.24) is 0 Å². The number of rotatable bonds is 8. The third kappa shape index (κ3) is 5.19. The van der Waals surface area contributed by atoms with E-state index < -0.39 is 0 Å². The van der Waals surface area contributed by atoms with Crippen molar-refractivity contribution in [2.24, 2.45) is 10.8 Å². The number of nitrogens with two attached hydrogens (primary N) is 1. The number of nitrogens with zero attached hydrogens (tertiary/aromatic N) is 3. The van der Waals surface area contributed by atoms with Crippen LogP contribution in [-0.2, 0) is 11.2 Å². The summed E-state index contributed by atoms with van der Waals surface area (Å²) in [5, 5.41) is 3.72. The lowest BCUT2D eigenvalue weighted by molar-refractivity contribution is 0.115. The Morgan fingerprint density at radius 3 is 2.72 bits per heavy atom. The van der Waals surface area contributed by atoms with Crippen molar-refractivity contribution in [1.29, 1.82) is 0 Å². The molecule has 0 saturated heterocycles. The zero-order valence-corrected chi connectivity index (χ0v) is 10.7. The maximum absolute atomic E-state index is 8.56. The van der Waals surface area contributed by atoms with E-state index in [2.05, 4.69) is 10.0 Å². The summed E-state index contributed by atoms with van der Waals surface area (Å²) < 4.78 is 5.41. The third-order valence-electron chi connectivity index (χ3n) is 2.65. The molecule has 0 aliphatic carbocycles. The Bertz CT molecular complexity index is 376. The molecule has 1 unspecified atom stereocenters.